The molecule has 0 atom stereocenters. The first-order chi connectivity index (χ1) is 7.74. The van der Waals surface area contributed by atoms with Crippen LogP contribution >= 0.6 is 0 Å². The van der Waals surface area contributed by atoms with Gasteiger partial charge in [-0.25, -0.2) is 0 Å². The van der Waals surface area contributed by atoms with Gasteiger partial charge in [-0.05, 0) is 18.2 Å². The number of benzene rings is 1. The number of alkyl halides is 3. The highest BCUT2D eigenvalue weighted by molar-refractivity contribution is 6.77. The van der Waals surface area contributed by atoms with Gasteiger partial charge in [0.2, 0.25) is 0 Å². The van der Waals surface area contributed by atoms with Crippen LogP contribution in [0.2, 0.25) is 19.1 Å². The molecule has 0 saturated heterocycles. The van der Waals surface area contributed by atoms with Gasteiger partial charge in [0, 0.05) is 0 Å². The van der Waals surface area contributed by atoms with Crippen LogP contribution in [0, 0.1) is 0 Å². The van der Waals surface area contributed by atoms with Crippen LogP contribution in [0.25, 0.3) is 0 Å². The van der Waals surface area contributed by atoms with Crippen molar-refractivity contribution in [3.63, 3.8) is 0 Å². The zero-order valence-electron chi connectivity index (χ0n) is 10.1. The number of hydrogen-bond acceptors (Lipinski definition) is 0. The monoisotopic (exact) mass is 258 g/mol. The van der Waals surface area contributed by atoms with Crippen molar-refractivity contribution < 1.29 is 13.2 Å². The Balaban J connectivity index is 2.90. The lowest BCUT2D eigenvalue weighted by atomic mass is 10.1. The second kappa shape index (κ2) is 5.08. The molecule has 0 aliphatic carbocycles. The summed E-state index contributed by atoms with van der Waals surface area (Å²) in [5, 5.41) is 0. The maximum atomic E-state index is 12.5. The smallest absolute Gasteiger partial charge is 0.166 e. The van der Waals surface area contributed by atoms with Crippen LogP contribution in [0.3, 0.4) is 0 Å². The third-order valence-corrected chi connectivity index (χ3v) is 5.39. The Bertz CT molecular complexity index is 394. The zero-order valence-corrected chi connectivity index (χ0v) is 11.1. The van der Waals surface area contributed by atoms with Crippen molar-refractivity contribution >= 4 is 8.07 Å². The maximum Gasteiger partial charge on any atom is 0.416 e. The largest absolute Gasteiger partial charge is 0.416 e. The molecule has 0 bridgehead atoms. The Morgan fingerprint density at radius 3 is 2.47 bits per heavy atom. The molecular formula is C13H17F3Si. The van der Waals surface area contributed by atoms with Crippen LogP contribution in [0.1, 0.15) is 11.1 Å². The average Bonchev–Trinajstić information content (AvgIpc) is 2.15. The SMILES string of the molecule is C=CC[Si](C)(C)Cc1cccc(C(F)(F)F)c1. The number of allylic oxidation sites excluding steroid dienone is 1. The van der Waals surface area contributed by atoms with Crippen molar-refractivity contribution in [1.82, 2.24) is 0 Å². The van der Waals surface area contributed by atoms with Gasteiger partial charge in [-0.2, -0.15) is 13.2 Å². The minimum atomic E-state index is -4.25. The summed E-state index contributed by atoms with van der Waals surface area (Å²) in [4.78, 5) is 0. The number of rotatable bonds is 4. The lowest BCUT2D eigenvalue weighted by Gasteiger charge is -2.21. The molecule has 0 saturated carbocycles. The standard InChI is InChI=1S/C13H17F3Si/c1-4-8-17(2,3)10-11-6-5-7-12(9-11)13(14,15)16/h4-7,9H,1,8,10H2,2-3H3. The summed E-state index contributed by atoms with van der Waals surface area (Å²) >= 11 is 0. The van der Waals surface area contributed by atoms with E-state index in [4.69, 9.17) is 0 Å². The molecule has 0 aromatic heterocycles. The van der Waals surface area contributed by atoms with E-state index in [1.807, 2.05) is 6.08 Å². The van der Waals surface area contributed by atoms with Gasteiger partial charge < -0.3 is 0 Å². The van der Waals surface area contributed by atoms with Crippen LogP contribution in [0.5, 0.6) is 0 Å². The van der Waals surface area contributed by atoms with Crippen molar-refractivity contribution in [2.45, 2.75) is 31.4 Å². The van der Waals surface area contributed by atoms with Crippen molar-refractivity contribution in [1.29, 1.82) is 0 Å². The number of halogens is 3. The molecule has 1 aromatic carbocycles. The minimum Gasteiger partial charge on any atom is -0.166 e. The highest BCUT2D eigenvalue weighted by atomic mass is 28.3. The quantitative estimate of drug-likeness (QED) is 0.543. The second-order valence-electron chi connectivity index (χ2n) is 5.03. The summed E-state index contributed by atoms with van der Waals surface area (Å²) in [6.45, 7) is 8.02. The Hall–Kier alpha value is -1.03. The van der Waals surface area contributed by atoms with E-state index >= 15 is 0 Å². The van der Waals surface area contributed by atoms with Gasteiger partial charge in [-0.1, -0.05) is 42.9 Å². The topological polar surface area (TPSA) is 0 Å². The van der Waals surface area contributed by atoms with Crippen LogP contribution < -0.4 is 0 Å². The fourth-order valence-electron chi connectivity index (χ4n) is 1.87. The summed E-state index contributed by atoms with van der Waals surface area (Å²) in [6.07, 6.45) is -2.39. The predicted octanol–water partition coefficient (Wildman–Crippen LogP) is 4.68. The van der Waals surface area contributed by atoms with E-state index in [9.17, 15) is 13.2 Å². The molecule has 0 fully saturated rings. The van der Waals surface area contributed by atoms with Crippen LogP contribution in [0.15, 0.2) is 36.9 Å². The van der Waals surface area contributed by atoms with E-state index in [0.29, 0.717) is 0 Å². The van der Waals surface area contributed by atoms with Gasteiger partial charge in [0.05, 0.1) is 13.6 Å². The molecule has 17 heavy (non-hydrogen) atoms. The highest BCUT2D eigenvalue weighted by Crippen LogP contribution is 2.30. The lowest BCUT2D eigenvalue weighted by Crippen LogP contribution is -2.28. The summed E-state index contributed by atoms with van der Waals surface area (Å²) in [6, 6.07) is 7.30. The van der Waals surface area contributed by atoms with E-state index in [1.54, 1.807) is 6.07 Å². The van der Waals surface area contributed by atoms with Crippen molar-refractivity contribution in [2.75, 3.05) is 0 Å². The lowest BCUT2D eigenvalue weighted by molar-refractivity contribution is -0.137. The molecule has 0 amide bonds. The van der Waals surface area contributed by atoms with Crippen molar-refractivity contribution in [3.05, 3.63) is 48.0 Å². The van der Waals surface area contributed by atoms with Gasteiger partial charge in [0.1, 0.15) is 0 Å². The molecule has 0 aliphatic rings. The first kappa shape index (κ1) is 14.0. The second-order valence-corrected chi connectivity index (χ2v) is 10.1. The minimum absolute atomic E-state index is 0.557. The third kappa shape index (κ3) is 4.38. The molecule has 1 aromatic rings. The van der Waals surface area contributed by atoms with Gasteiger partial charge in [-0.3, -0.25) is 0 Å². The maximum absolute atomic E-state index is 12.5. The van der Waals surface area contributed by atoms with Gasteiger partial charge in [0.25, 0.3) is 0 Å². The molecule has 0 N–H and O–H groups in total. The molecule has 0 unspecified atom stereocenters. The highest BCUT2D eigenvalue weighted by Gasteiger charge is 2.30. The van der Waals surface area contributed by atoms with Crippen LogP contribution in [-0.2, 0) is 12.2 Å². The Labute approximate surface area is 101 Å². The van der Waals surface area contributed by atoms with E-state index in [2.05, 4.69) is 19.7 Å². The third-order valence-electron chi connectivity index (χ3n) is 2.63. The van der Waals surface area contributed by atoms with Crippen molar-refractivity contribution in [2.24, 2.45) is 0 Å². The molecule has 0 aliphatic heterocycles. The summed E-state index contributed by atoms with van der Waals surface area (Å²) in [5.41, 5.74) is 0.219. The van der Waals surface area contributed by atoms with E-state index in [0.717, 1.165) is 23.7 Å². The van der Waals surface area contributed by atoms with Crippen molar-refractivity contribution in [3.8, 4) is 0 Å². The van der Waals surface area contributed by atoms with Crippen LogP contribution in [-0.4, -0.2) is 8.07 Å². The molecule has 0 nitrogen and oxygen atoms in total. The Morgan fingerprint density at radius 1 is 1.29 bits per heavy atom. The fourth-order valence-corrected chi connectivity index (χ4v) is 4.12. The molecule has 1 rings (SSSR count). The van der Waals surface area contributed by atoms with Gasteiger partial charge in [0.15, 0.2) is 0 Å². The molecule has 0 heterocycles. The van der Waals surface area contributed by atoms with Gasteiger partial charge in [-0.15, -0.1) is 6.58 Å². The fraction of sp³-hybridized carbons (Fsp3) is 0.385. The van der Waals surface area contributed by atoms with E-state index in [1.165, 1.54) is 12.1 Å². The molecule has 0 spiro atoms. The summed E-state index contributed by atoms with van der Waals surface area (Å²) < 4.78 is 37.6. The Morgan fingerprint density at radius 2 is 1.94 bits per heavy atom. The first-order valence-corrected chi connectivity index (χ1v) is 8.93. The van der Waals surface area contributed by atoms with Crippen LogP contribution in [0.4, 0.5) is 13.2 Å². The molecule has 94 valence electrons. The molecule has 0 radical (unpaired) electrons. The molecule has 4 heteroatoms. The average molecular weight is 258 g/mol. The van der Waals surface area contributed by atoms with Gasteiger partial charge >= 0.3 is 6.18 Å². The Kier molecular flexibility index (Phi) is 4.19. The predicted molar refractivity (Wildman–Crippen MR) is 67.6 cm³/mol. The summed E-state index contributed by atoms with van der Waals surface area (Å²) in [7, 11) is -1.51. The normalized spacial score (nSPS) is 12.5. The summed E-state index contributed by atoms with van der Waals surface area (Å²) in [5.74, 6) is 0. The zero-order chi connectivity index (χ0) is 13.1. The van der Waals surface area contributed by atoms with E-state index < -0.39 is 19.8 Å². The first-order valence-electron chi connectivity index (χ1n) is 5.52. The number of hydrogen-bond donors (Lipinski definition) is 0. The van der Waals surface area contributed by atoms with E-state index in [-0.39, 0.29) is 0 Å². The molecular weight excluding hydrogens is 241 g/mol.